The molecule has 12 heteroatoms. The highest BCUT2D eigenvalue weighted by Gasteiger charge is 2.31. The Balaban J connectivity index is 1.32. The van der Waals surface area contributed by atoms with Gasteiger partial charge in [0.15, 0.2) is 5.78 Å². The molecule has 0 bridgehead atoms. The lowest BCUT2D eigenvalue weighted by Gasteiger charge is -2.33. The van der Waals surface area contributed by atoms with Crippen LogP contribution in [0.1, 0.15) is 31.4 Å². The van der Waals surface area contributed by atoms with E-state index in [4.69, 9.17) is 4.11 Å². The number of alkyl halides is 3. The van der Waals surface area contributed by atoms with Gasteiger partial charge in [-0.3, -0.25) is 19.7 Å². The molecule has 0 saturated carbocycles. The maximum atomic E-state index is 13.0. The van der Waals surface area contributed by atoms with Crippen molar-refractivity contribution in [2.24, 2.45) is 0 Å². The summed E-state index contributed by atoms with van der Waals surface area (Å²) < 4.78 is 63.4. The molecule has 9 nitrogen and oxygen atoms in total. The average Bonchev–Trinajstić information content (AvgIpc) is 3.44. The molecule has 4 aromatic rings. The summed E-state index contributed by atoms with van der Waals surface area (Å²) in [5, 5.41) is 8.48. The first kappa shape index (κ1) is 21.9. The lowest BCUT2D eigenvalue weighted by atomic mass is 10.1. The number of halogens is 3. The fourth-order valence-electron chi connectivity index (χ4n) is 4.15. The van der Waals surface area contributed by atoms with Crippen LogP contribution in [0, 0.1) is 6.92 Å². The number of aryl methyl sites for hydroxylation is 1. The number of ketones is 1. The molecule has 0 unspecified atom stereocenters. The van der Waals surface area contributed by atoms with Crippen LogP contribution in [-0.4, -0.2) is 73.8 Å². The van der Waals surface area contributed by atoms with Crippen LogP contribution in [0.15, 0.2) is 55.2 Å². The number of anilines is 1. The number of likely N-dealkylation sites (N-methyl/N-ethyl adjacent to an activating group) is 1. The number of carbonyl (C=O) groups is 1. The largest absolute Gasteiger partial charge is 0.416 e. The Labute approximate surface area is 221 Å². The van der Waals surface area contributed by atoms with E-state index in [0.29, 0.717) is 54.4 Å². The maximum absolute atomic E-state index is 13.0. The van der Waals surface area contributed by atoms with Crippen molar-refractivity contribution in [2.75, 3.05) is 38.1 Å². The van der Waals surface area contributed by atoms with E-state index >= 15 is 0 Å². The van der Waals surface area contributed by atoms with Crippen LogP contribution in [0.2, 0.25) is 0 Å². The number of Topliss-reactive ketones (excluding diaryl/α,β-unsaturated/α-hetero) is 1. The molecular formula is C26H25F3N8O. The summed E-state index contributed by atoms with van der Waals surface area (Å²) in [6.45, 7) is 1.55. The summed E-state index contributed by atoms with van der Waals surface area (Å²) in [5.74, 6) is -0.574. The Hall–Kier alpha value is -4.19. The molecule has 0 N–H and O–H groups in total. The van der Waals surface area contributed by atoms with E-state index in [1.54, 1.807) is 31.6 Å². The highest BCUT2D eigenvalue weighted by molar-refractivity contribution is 5.95. The summed E-state index contributed by atoms with van der Waals surface area (Å²) >= 11 is 0. The number of aromatic nitrogens is 6. The zero-order chi connectivity index (χ0) is 29.4. The Kier molecular flexibility index (Phi) is 5.92. The van der Waals surface area contributed by atoms with Gasteiger partial charge in [-0.05, 0) is 43.7 Å². The lowest BCUT2D eigenvalue weighted by Crippen LogP contribution is -2.44. The minimum atomic E-state index is -4.58. The first-order chi connectivity index (χ1) is 19.4. The topological polar surface area (TPSA) is 92.9 Å². The summed E-state index contributed by atoms with van der Waals surface area (Å²) in [6.07, 6.45) is 2.74. The van der Waals surface area contributed by atoms with Crippen LogP contribution >= 0.6 is 0 Å². The monoisotopic (exact) mass is 525 g/mol. The summed E-state index contributed by atoms with van der Waals surface area (Å²) in [6, 6.07) is 5.15. The van der Waals surface area contributed by atoms with Crippen molar-refractivity contribution in [3.8, 4) is 16.9 Å². The number of carbonyl (C=O) groups excluding carboxylic acids is 1. The third-order valence-corrected chi connectivity index (χ3v) is 6.26. The number of rotatable bonds is 6. The predicted octanol–water partition coefficient (Wildman–Crippen LogP) is 3.62. The highest BCUT2D eigenvalue weighted by atomic mass is 19.4. The second-order valence-electron chi connectivity index (χ2n) is 8.93. The van der Waals surface area contributed by atoms with Crippen LogP contribution in [0.3, 0.4) is 0 Å². The van der Waals surface area contributed by atoms with Crippen LogP contribution in [0.5, 0.6) is 0 Å². The smallest absolute Gasteiger partial charge is 0.368 e. The molecular weight excluding hydrogens is 497 g/mol. The van der Waals surface area contributed by atoms with Crippen molar-refractivity contribution in [1.29, 1.82) is 0 Å². The zero-order valence-corrected chi connectivity index (χ0v) is 20.4. The molecule has 0 spiro atoms. The Morgan fingerprint density at radius 2 is 1.89 bits per heavy atom. The quantitative estimate of drug-likeness (QED) is 0.353. The Morgan fingerprint density at radius 3 is 2.66 bits per heavy atom. The molecule has 4 aromatic heterocycles. The van der Waals surface area contributed by atoms with Crippen molar-refractivity contribution in [2.45, 2.75) is 19.5 Å². The molecule has 0 atom stereocenters. The maximum Gasteiger partial charge on any atom is 0.416 e. The number of piperazine rings is 1. The number of hydrogen-bond donors (Lipinski definition) is 0. The normalized spacial score (nSPS) is 16.1. The molecule has 196 valence electrons. The van der Waals surface area contributed by atoms with Crippen LogP contribution in [0.25, 0.3) is 16.9 Å². The lowest BCUT2D eigenvalue weighted by molar-refractivity contribution is -0.137. The zero-order valence-electron chi connectivity index (χ0n) is 23.4. The highest BCUT2D eigenvalue weighted by Crippen LogP contribution is 2.29. The molecule has 38 heavy (non-hydrogen) atoms. The SMILES string of the molecule is [2H]C([2H])([2H])N1CCN(c2cncc(-c3cn(-c4cc(CC(=O)c5cc(C(F)(F)F)ccn5)cnc4C)nn3)c2)CC1. The summed E-state index contributed by atoms with van der Waals surface area (Å²) in [4.78, 5) is 28.7. The van der Waals surface area contributed by atoms with E-state index in [9.17, 15) is 18.0 Å². The minimum Gasteiger partial charge on any atom is -0.368 e. The summed E-state index contributed by atoms with van der Waals surface area (Å²) in [5.41, 5.74) is 2.50. The first-order valence-corrected chi connectivity index (χ1v) is 11.8. The predicted molar refractivity (Wildman–Crippen MR) is 134 cm³/mol. The summed E-state index contributed by atoms with van der Waals surface area (Å²) in [7, 11) is 0. The number of hydrogen-bond acceptors (Lipinski definition) is 8. The van der Waals surface area contributed by atoms with E-state index in [-0.39, 0.29) is 12.1 Å². The Morgan fingerprint density at radius 1 is 1.08 bits per heavy atom. The van der Waals surface area contributed by atoms with Gasteiger partial charge in [-0.2, -0.15) is 13.2 Å². The van der Waals surface area contributed by atoms with Gasteiger partial charge in [-0.15, -0.1) is 5.10 Å². The van der Waals surface area contributed by atoms with Crippen LogP contribution < -0.4 is 4.90 Å². The molecule has 1 saturated heterocycles. The molecule has 0 radical (unpaired) electrons. The van der Waals surface area contributed by atoms with E-state index in [1.165, 1.54) is 15.8 Å². The van der Waals surface area contributed by atoms with Gasteiger partial charge >= 0.3 is 6.18 Å². The van der Waals surface area contributed by atoms with Gasteiger partial charge < -0.3 is 9.80 Å². The van der Waals surface area contributed by atoms with Crippen LogP contribution in [0.4, 0.5) is 18.9 Å². The van der Waals surface area contributed by atoms with E-state index in [0.717, 1.165) is 24.0 Å². The van der Waals surface area contributed by atoms with Crippen LogP contribution in [-0.2, 0) is 12.6 Å². The second-order valence-corrected chi connectivity index (χ2v) is 8.93. The van der Waals surface area contributed by atoms with Gasteiger partial charge in [0.05, 0.1) is 35.0 Å². The molecule has 1 aliphatic rings. The fraction of sp³-hybridized carbons (Fsp3) is 0.308. The van der Waals surface area contributed by atoms with E-state index in [1.807, 2.05) is 6.07 Å². The number of pyridine rings is 3. The molecule has 0 aliphatic carbocycles. The number of nitrogens with zero attached hydrogens (tertiary/aromatic N) is 8. The van der Waals surface area contributed by atoms with Gasteiger partial charge in [-0.25, -0.2) is 4.68 Å². The van der Waals surface area contributed by atoms with Crippen molar-refractivity contribution < 1.29 is 22.1 Å². The first-order valence-electron chi connectivity index (χ1n) is 13.3. The molecule has 1 fully saturated rings. The average molecular weight is 526 g/mol. The molecule has 0 aromatic carbocycles. The minimum absolute atomic E-state index is 0.197. The molecule has 0 amide bonds. The van der Waals surface area contributed by atoms with Gasteiger partial charge in [-0.1, -0.05) is 5.21 Å². The van der Waals surface area contributed by atoms with Gasteiger partial charge in [0.1, 0.15) is 11.4 Å². The molecule has 5 rings (SSSR count). The van der Waals surface area contributed by atoms with Crippen molar-refractivity contribution in [3.63, 3.8) is 0 Å². The van der Waals surface area contributed by atoms with Crippen molar-refractivity contribution in [1.82, 2.24) is 34.8 Å². The van der Waals surface area contributed by atoms with Crippen molar-refractivity contribution >= 4 is 11.5 Å². The van der Waals surface area contributed by atoms with Gasteiger partial charge in [0.2, 0.25) is 0 Å². The fourth-order valence-corrected chi connectivity index (χ4v) is 4.15. The third kappa shape index (κ3) is 5.54. The standard InChI is InChI=1S/C26H25F3N8O/c1-17-24(9-18(13-32-17)10-25(38)22-12-20(3-4-31-22)26(27,28)29)37-16-23(33-34-37)19-11-21(15-30-14-19)36-7-5-35(2)6-8-36/h3-4,9,11-16H,5-8,10H2,1-2H3/i2D3. The van der Waals surface area contributed by atoms with E-state index < -0.39 is 24.5 Å². The Bertz CT molecular complexity index is 1570. The third-order valence-electron chi connectivity index (χ3n) is 6.26. The second kappa shape index (κ2) is 10.3. The van der Waals surface area contributed by atoms with Gasteiger partial charge in [0.25, 0.3) is 0 Å². The van der Waals surface area contributed by atoms with E-state index in [2.05, 4.69) is 30.2 Å². The molecule has 1 aliphatic heterocycles. The molecule has 5 heterocycles. The van der Waals surface area contributed by atoms with Crippen molar-refractivity contribution in [3.05, 3.63) is 77.8 Å². The van der Waals surface area contributed by atoms with Gasteiger partial charge in [0, 0.05) is 60.9 Å².